The molecule has 0 aliphatic rings. The third-order valence-electron chi connectivity index (χ3n) is 2.25. The van der Waals surface area contributed by atoms with E-state index in [9.17, 15) is 4.79 Å². The van der Waals surface area contributed by atoms with Crippen LogP contribution in [0, 0.1) is 3.57 Å². The summed E-state index contributed by atoms with van der Waals surface area (Å²) in [4.78, 5) is 18.9. The van der Waals surface area contributed by atoms with Gasteiger partial charge in [-0.1, -0.05) is 13.3 Å². The van der Waals surface area contributed by atoms with Gasteiger partial charge in [-0.05, 0) is 51.0 Å². The predicted molar refractivity (Wildman–Crippen MR) is 77.0 cm³/mol. The van der Waals surface area contributed by atoms with Crippen molar-refractivity contribution in [3.8, 4) is 11.6 Å². The van der Waals surface area contributed by atoms with Gasteiger partial charge in [0.1, 0.15) is 0 Å². The molecule has 0 aliphatic carbocycles. The van der Waals surface area contributed by atoms with E-state index in [0.29, 0.717) is 15.2 Å². The lowest BCUT2D eigenvalue weighted by molar-refractivity contribution is 0.575. The summed E-state index contributed by atoms with van der Waals surface area (Å²) in [6, 6.07) is 1.77. The van der Waals surface area contributed by atoms with E-state index in [1.165, 1.54) is 0 Å². The lowest BCUT2D eigenvalue weighted by Crippen LogP contribution is -2.16. The maximum absolute atomic E-state index is 11.8. The Morgan fingerprint density at radius 2 is 2.35 bits per heavy atom. The van der Waals surface area contributed by atoms with Crippen molar-refractivity contribution < 1.29 is 4.42 Å². The molecule has 0 aliphatic heterocycles. The molecule has 0 atom stereocenters. The van der Waals surface area contributed by atoms with Gasteiger partial charge in [0.05, 0.1) is 20.0 Å². The first-order valence-electron chi connectivity index (χ1n) is 5.15. The third-order valence-corrected chi connectivity index (χ3v) is 3.99. The van der Waals surface area contributed by atoms with Crippen molar-refractivity contribution in [3.05, 3.63) is 36.4 Å². The summed E-state index contributed by atoms with van der Waals surface area (Å²) in [5, 5.41) is 0. The van der Waals surface area contributed by atoms with Crippen LogP contribution < -0.4 is 5.56 Å². The predicted octanol–water partition coefficient (Wildman–Crippen LogP) is 3.35. The standard InChI is InChI=1S/C11H10BrIN2O2/c1-2-3-7-8(13)11(16)15-10(14-7)9-6(12)4-5-17-9/h4-5H,2-3H2,1H3,(H,14,15,16). The summed E-state index contributed by atoms with van der Waals surface area (Å²) in [5.41, 5.74) is 0.692. The number of nitrogens with one attached hydrogen (secondary N) is 1. The number of H-pyrrole nitrogens is 1. The molecule has 0 bridgehead atoms. The van der Waals surface area contributed by atoms with Gasteiger partial charge >= 0.3 is 0 Å². The fourth-order valence-corrected chi connectivity index (χ4v) is 2.39. The number of furan rings is 1. The van der Waals surface area contributed by atoms with Gasteiger partial charge in [0, 0.05) is 0 Å². The number of nitrogens with zero attached hydrogens (tertiary/aromatic N) is 1. The molecule has 0 radical (unpaired) electrons. The van der Waals surface area contributed by atoms with E-state index in [-0.39, 0.29) is 5.56 Å². The topological polar surface area (TPSA) is 58.9 Å². The molecular weight excluding hydrogens is 399 g/mol. The quantitative estimate of drug-likeness (QED) is 0.792. The molecule has 0 saturated carbocycles. The zero-order valence-corrected chi connectivity index (χ0v) is 12.8. The zero-order valence-electron chi connectivity index (χ0n) is 9.09. The van der Waals surface area contributed by atoms with E-state index in [2.05, 4.69) is 32.8 Å². The van der Waals surface area contributed by atoms with Crippen LogP contribution in [0.2, 0.25) is 0 Å². The SMILES string of the molecule is CCCc1nc(-c2occc2Br)[nH]c(=O)c1I. The Balaban J connectivity index is 2.57. The number of aromatic amines is 1. The molecule has 1 N–H and O–H groups in total. The Kier molecular flexibility index (Phi) is 4.03. The first-order valence-corrected chi connectivity index (χ1v) is 7.02. The van der Waals surface area contributed by atoms with Gasteiger partial charge in [-0.3, -0.25) is 4.79 Å². The molecule has 0 unspecified atom stereocenters. The molecule has 6 heteroatoms. The molecule has 4 nitrogen and oxygen atoms in total. The van der Waals surface area contributed by atoms with Crippen LogP contribution in [0.15, 0.2) is 26.0 Å². The van der Waals surface area contributed by atoms with Gasteiger partial charge in [0.2, 0.25) is 0 Å². The lowest BCUT2D eigenvalue weighted by Gasteiger charge is -2.04. The Morgan fingerprint density at radius 1 is 1.59 bits per heavy atom. The van der Waals surface area contributed by atoms with Crippen molar-refractivity contribution in [2.45, 2.75) is 19.8 Å². The third kappa shape index (κ3) is 2.62. The largest absolute Gasteiger partial charge is 0.460 e. The second-order valence-electron chi connectivity index (χ2n) is 3.52. The molecule has 17 heavy (non-hydrogen) atoms. The Labute approximate surface area is 120 Å². The summed E-state index contributed by atoms with van der Waals surface area (Å²) < 4.78 is 6.73. The fraction of sp³-hybridized carbons (Fsp3) is 0.273. The van der Waals surface area contributed by atoms with Crippen LogP contribution in [0.3, 0.4) is 0 Å². The van der Waals surface area contributed by atoms with Gasteiger partial charge in [-0.2, -0.15) is 0 Å². The van der Waals surface area contributed by atoms with Crippen LogP contribution in [0.1, 0.15) is 19.0 Å². The number of rotatable bonds is 3. The molecule has 90 valence electrons. The molecule has 0 spiro atoms. The van der Waals surface area contributed by atoms with Crippen molar-refractivity contribution in [2.75, 3.05) is 0 Å². The lowest BCUT2D eigenvalue weighted by atomic mass is 10.2. The van der Waals surface area contributed by atoms with Crippen molar-refractivity contribution in [1.82, 2.24) is 9.97 Å². The summed E-state index contributed by atoms with van der Waals surface area (Å²) in [7, 11) is 0. The summed E-state index contributed by atoms with van der Waals surface area (Å²) >= 11 is 5.37. The van der Waals surface area contributed by atoms with Gasteiger partial charge in [0.25, 0.3) is 5.56 Å². The zero-order chi connectivity index (χ0) is 12.4. The Hall–Kier alpha value is -0.630. The van der Waals surface area contributed by atoms with Crippen LogP contribution in [-0.4, -0.2) is 9.97 Å². The molecule has 0 fully saturated rings. The smallest absolute Gasteiger partial charge is 0.264 e. The Morgan fingerprint density at radius 3 is 2.94 bits per heavy atom. The minimum absolute atomic E-state index is 0.123. The second kappa shape index (κ2) is 5.34. The minimum atomic E-state index is -0.123. The van der Waals surface area contributed by atoms with Gasteiger partial charge in [0.15, 0.2) is 11.6 Å². The highest BCUT2D eigenvalue weighted by Crippen LogP contribution is 2.26. The normalized spacial score (nSPS) is 10.8. The fourth-order valence-electron chi connectivity index (χ4n) is 1.48. The summed E-state index contributed by atoms with van der Waals surface area (Å²) in [6.07, 6.45) is 3.29. The van der Waals surface area contributed by atoms with Crippen LogP contribution in [-0.2, 0) is 6.42 Å². The molecule has 0 saturated heterocycles. The van der Waals surface area contributed by atoms with Crippen molar-refractivity contribution >= 4 is 38.5 Å². The maximum atomic E-state index is 11.8. The van der Waals surface area contributed by atoms with Crippen LogP contribution in [0.5, 0.6) is 0 Å². The van der Waals surface area contributed by atoms with Gasteiger partial charge in [-0.15, -0.1) is 0 Å². The van der Waals surface area contributed by atoms with Gasteiger partial charge in [-0.25, -0.2) is 4.98 Å². The number of hydrogen-bond acceptors (Lipinski definition) is 3. The van der Waals surface area contributed by atoms with Crippen molar-refractivity contribution in [3.63, 3.8) is 0 Å². The highest BCUT2D eigenvalue weighted by Gasteiger charge is 2.13. The number of aryl methyl sites for hydroxylation is 1. The molecule has 2 heterocycles. The van der Waals surface area contributed by atoms with E-state index in [0.717, 1.165) is 23.0 Å². The van der Waals surface area contributed by atoms with E-state index >= 15 is 0 Å². The van der Waals surface area contributed by atoms with Crippen molar-refractivity contribution in [2.24, 2.45) is 0 Å². The van der Waals surface area contributed by atoms with E-state index in [4.69, 9.17) is 4.42 Å². The Bertz CT molecular complexity index is 591. The average molecular weight is 409 g/mol. The number of aromatic nitrogens is 2. The first kappa shape index (κ1) is 12.8. The highest BCUT2D eigenvalue weighted by atomic mass is 127. The summed E-state index contributed by atoms with van der Waals surface area (Å²) in [5.74, 6) is 1.02. The number of hydrogen-bond donors (Lipinski definition) is 1. The van der Waals surface area contributed by atoms with Gasteiger partial charge < -0.3 is 9.40 Å². The van der Waals surface area contributed by atoms with Crippen LogP contribution in [0.25, 0.3) is 11.6 Å². The monoisotopic (exact) mass is 408 g/mol. The molecule has 2 aromatic heterocycles. The molecular formula is C11H10BrIN2O2. The maximum Gasteiger partial charge on any atom is 0.264 e. The number of halogens is 2. The highest BCUT2D eigenvalue weighted by molar-refractivity contribution is 14.1. The minimum Gasteiger partial charge on any atom is -0.460 e. The van der Waals surface area contributed by atoms with E-state index in [1.807, 2.05) is 22.6 Å². The van der Waals surface area contributed by atoms with E-state index < -0.39 is 0 Å². The molecule has 0 amide bonds. The average Bonchev–Trinajstić information content (AvgIpc) is 2.71. The van der Waals surface area contributed by atoms with E-state index in [1.54, 1.807) is 12.3 Å². The molecule has 2 aromatic rings. The molecule has 2 rings (SSSR count). The molecule has 0 aromatic carbocycles. The second-order valence-corrected chi connectivity index (χ2v) is 5.46. The first-order chi connectivity index (χ1) is 8.13. The van der Waals surface area contributed by atoms with Crippen LogP contribution >= 0.6 is 38.5 Å². The van der Waals surface area contributed by atoms with Crippen molar-refractivity contribution in [1.29, 1.82) is 0 Å². The van der Waals surface area contributed by atoms with Crippen LogP contribution in [0.4, 0.5) is 0 Å². The summed E-state index contributed by atoms with van der Waals surface area (Å²) in [6.45, 7) is 2.06.